The van der Waals surface area contributed by atoms with Crippen molar-refractivity contribution < 1.29 is 18.0 Å². The number of aryl methyl sites for hydroxylation is 1. The highest BCUT2D eigenvalue weighted by Gasteiger charge is 2.12. The second-order valence-corrected chi connectivity index (χ2v) is 5.09. The number of benzene rings is 2. The molecule has 0 aliphatic heterocycles. The minimum absolute atomic E-state index is 0.207. The molecule has 2 nitrogen and oxygen atoms in total. The van der Waals surface area contributed by atoms with Crippen LogP contribution >= 0.6 is 0 Å². The summed E-state index contributed by atoms with van der Waals surface area (Å²) >= 11 is 0. The minimum atomic E-state index is -0.940. The van der Waals surface area contributed by atoms with E-state index in [0.717, 1.165) is 17.7 Å². The largest absolute Gasteiger partial charge is 0.350 e. The second-order valence-electron chi connectivity index (χ2n) is 5.09. The van der Waals surface area contributed by atoms with Crippen LogP contribution < -0.4 is 5.32 Å². The molecule has 1 amide bonds. The van der Waals surface area contributed by atoms with Crippen LogP contribution in [-0.2, 0) is 11.2 Å². The predicted octanol–water partition coefficient (Wildman–Crippen LogP) is 3.91. The highest BCUT2D eigenvalue weighted by molar-refractivity contribution is 5.76. The fraction of sp³-hybridized carbons (Fsp3) is 0.235. The Labute approximate surface area is 127 Å². The summed E-state index contributed by atoms with van der Waals surface area (Å²) in [6, 6.07) is 9.06. The Balaban J connectivity index is 1.88. The van der Waals surface area contributed by atoms with Gasteiger partial charge in [0.05, 0.1) is 6.04 Å². The van der Waals surface area contributed by atoms with E-state index in [2.05, 4.69) is 5.32 Å². The lowest BCUT2D eigenvalue weighted by Gasteiger charge is -2.14. The van der Waals surface area contributed by atoms with E-state index in [9.17, 15) is 18.0 Å². The molecule has 1 unspecified atom stereocenters. The first kappa shape index (κ1) is 16.1. The van der Waals surface area contributed by atoms with Gasteiger partial charge in [-0.15, -0.1) is 0 Å². The Hall–Kier alpha value is -2.30. The van der Waals surface area contributed by atoms with Crippen LogP contribution in [0.25, 0.3) is 0 Å². The molecule has 0 aromatic heterocycles. The highest BCUT2D eigenvalue weighted by atomic mass is 19.2. The molecule has 0 heterocycles. The molecule has 1 N–H and O–H groups in total. The summed E-state index contributed by atoms with van der Waals surface area (Å²) in [6.45, 7) is 1.70. The van der Waals surface area contributed by atoms with E-state index in [0.29, 0.717) is 12.0 Å². The highest BCUT2D eigenvalue weighted by Crippen LogP contribution is 2.16. The van der Waals surface area contributed by atoms with E-state index < -0.39 is 17.7 Å². The van der Waals surface area contributed by atoms with Gasteiger partial charge in [0.1, 0.15) is 5.82 Å². The number of hydrogen-bond donors (Lipinski definition) is 1. The first-order valence-corrected chi connectivity index (χ1v) is 6.94. The van der Waals surface area contributed by atoms with Crippen molar-refractivity contribution in [1.29, 1.82) is 0 Å². The Morgan fingerprint density at radius 3 is 2.36 bits per heavy atom. The fourth-order valence-electron chi connectivity index (χ4n) is 2.09. The molecule has 22 heavy (non-hydrogen) atoms. The first-order chi connectivity index (χ1) is 10.5. The van der Waals surface area contributed by atoms with Crippen LogP contribution in [0.15, 0.2) is 42.5 Å². The van der Waals surface area contributed by atoms with E-state index in [1.54, 1.807) is 19.1 Å². The maximum absolute atomic E-state index is 13.2. The van der Waals surface area contributed by atoms with Crippen molar-refractivity contribution in [2.24, 2.45) is 0 Å². The Morgan fingerprint density at radius 2 is 1.73 bits per heavy atom. The average molecular weight is 307 g/mol. The SMILES string of the molecule is CC(NC(=O)CCc1ccc(F)cc1)c1ccc(F)c(F)c1. The zero-order chi connectivity index (χ0) is 16.1. The number of rotatable bonds is 5. The summed E-state index contributed by atoms with van der Waals surface area (Å²) in [7, 11) is 0. The zero-order valence-electron chi connectivity index (χ0n) is 12.1. The van der Waals surface area contributed by atoms with Gasteiger partial charge in [-0.1, -0.05) is 18.2 Å². The number of halogens is 3. The van der Waals surface area contributed by atoms with Crippen LogP contribution in [0.3, 0.4) is 0 Å². The third kappa shape index (κ3) is 4.35. The third-order valence-electron chi connectivity index (χ3n) is 3.38. The number of amides is 1. The van der Waals surface area contributed by atoms with Gasteiger partial charge in [0, 0.05) is 6.42 Å². The molecule has 0 spiro atoms. The van der Waals surface area contributed by atoms with Gasteiger partial charge >= 0.3 is 0 Å². The van der Waals surface area contributed by atoms with Gasteiger partial charge in [-0.3, -0.25) is 4.79 Å². The smallest absolute Gasteiger partial charge is 0.220 e. The molecule has 0 bridgehead atoms. The zero-order valence-corrected chi connectivity index (χ0v) is 12.1. The molecule has 0 aliphatic carbocycles. The minimum Gasteiger partial charge on any atom is -0.350 e. The second kappa shape index (κ2) is 7.11. The van der Waals surface area contributed by atoms with Crippen molar-refractivity contribution in [2.45, 2.75) is 25.8 Å². The molecule has 0 radical (unpaired) electrons. The quantitative estimate of drug-likeness (QED) is 0.891. The van der Waals surface area contributed by atoms with Crippen molar-refractivity contribution in [1.82, 2.24) is 5.32 Å². The van der Waals surface area contributed by atoms with Crippen LogP contribution in [0.2, 0.25) is 0 Å². The molecule has 0 saturated heterocycles. The molecule has 0 aliphatic rings. The summed E-state index contributed by atoms with van der Waals surface area (Å²) in [5.41, 5.74) is 1.35. The standard InChI is InChI=1S/C17H16F3NO/c1-11(13-5-8-15(19)16(20)10-13)21-17(22)9-4-12-2-6-14(18)7-3-12/h2-3,5-8,10-11H,4,9H2,1H3,(H,21,22). The van der Waals surface area contributed by atoms with E-state index in [1.165, 1.54) is 18.2 Å². The van der Waals surface area contributed by atoms with Crippen molar-refractivity contribution in [3.63, 3.8) is 0 Å². The normalized spacial score (nSPS) is 12.0. The number of hydrogen-bond acceptors (Lipinski definition) is 1. The van der Waals surface area contributed by atoms with Gasteiger partial charge in [-0.25, -0.2) is 13.2 Å². The lowest BCUT2D eigenvalue weighted by atomic mass is 10.1. The van der Waals surface area contributed by atoms with Gasteiger partial charge in [0.15, 0.2) is 11.6 Å². The number of nitrogens with one attached hydrogen (secondary N) is 1. The molecule has 1 atom stereocenters. The maximum atomic E-state index is 13.2. The van der Waals surface area contributed by atoms with E-state index in [1.807, 2.05) is 0 Å². The van der Waals surface area contributed by atoms with E-state index in [4.69, 9.17) is 0 Å². The lowest BCUT2D eigenvalue weighted by molar-refractivity contribution is -0.121. The lowest BCUT2D eigenvalue weighted by Crippen LogP contribution is -2.26. The number of carbonyl (C=O) groups is 1. The van der Waals surface area contributed by atoms with Gasteiger partial charge in [0.2, 0.25) is 5.91 Å². The van der Waals surface area contributed by atoms with Crippen LogP contribution in [0.5, 0.6) is 0 Å². The summed E-state index contributed by atoms with van der Waals surface area (Å²) in [5, 5.41) is 2.72. The Bertz CT molecular complexity index is 655. The predicted molar refractivity (Wildman–Crippen MR) is 77.6 cm³/mol. The first-order valence-electron chi connectivity index (χ1n) is 6.94. The molecule has 0 saturated carbocycles. The fourth-order valence-corrected chi connectivity index (χ4v) is 2.09. The molecule has 116 valence electrons. The molecule has 2 aromatic rings. The Morgan fingerprint density at radius 1 is 1.05 bits per heavy atom. The molecular formula is C17H16F3NO. The van der Waals surface area contributed by atoms with Crippen LogP contribution in [-0.4, -0.2) is 5.91 Å². The van der Waals surface area contributed by atoms with Gasteiger partial charge in [0.25, 0.3) is 0 Å². The average Bonchev–Trinajstić information content (AvgIpc) is 2.49. The molecule has 0 fully saturated rings. The molecular weight excluding hydrogens is 291 g/mol. The van der Waals surface area contributed by atoms with Crippen molar-refractivity contribution in [3.05, 3.63) is 71.0 Å². The van der Waals surface area contributed by atoms with Crippen molar-refractivity contribution >= 4 is 5.91 Å². The van der Waals surface area contributed by atoms with Crippen LogP contribution in [0.1, 0.15) is 30.5 Å². The van der Waals surface area contributed by atoms with Crippen LogP contribution in [0.4, 0.5) is 13.2 Å². The number of carbonyl (C=O) groups excluding carboxylic acids is 1. The van der Waals surface area contributed by atoms with Crippen LogP contribution in [0, 0.1) is 17.5 Å². The third-order valence-corrected chi connectivity index (χ3v) is 3.38. The summed E-state index contributed by atoms with van der Waals surface area (Å²) in [6.07, 6.45) is 0.719. The van der Waals surface area contributed by atoms with Crippen molar-refractivity contribution in [2.75, 3.05) is 0 Å². The molecule has 2 aromatic carbocycles. The van der Waals surface area contributed by atoms with Crippen molar-refractivity contribution in [3.8, 4) is 0 Å². The summed E-state index contributed by atoms with van der Waals surface area (Å²) in [5.74, 6) is -2.38. The van der Waals surface area contributed by atoms with E-state index in [-0.39, 0.29) is 18.1 Å². The Kier molecular flexibility index (Phi) is 5.20. The topological polar surface area (TPSA) is 29.1 Å². The monoisotopic (exact) mass is 307 g/mol. The summed E-state index contributed by atoms with van der Waals surface area (Å²) in [4.78, 5) is 11.9. The van der Waals surface area contributed by atoms with Gasteiger partial charge in [-0.05, 0) is 48.7 Å². The van der Waals surface area contributed by atoms with Gasteiger partial charge in [-0.2, -0.15) is 0 Å². The van der Waals surface area contributed by atoms with Gasteiger partial charge < -0.3 is 5.32 Å². The maximum Gasteiger partial charge on any atom is 0.220 e. The molecule has 2 rings (SSSR count). The molecule has 5 heteroatoms. The van der Waals surface area contributed by atoms with E-state index >= 15 is 0 Å². The summed E-state index contributed by atoms with van der Waals surface area (Å²) < 4.78 is 38.8.